The van der Waals surface area contributed by atoms with Crippen LogP contribution in [0.3, 0.4) is 0 Å². The Kier molecular flexibility index (Phi) is 6.91. The highest BCUT2D eigenvalue weighted by molar-refractivity contribution is 9.10. The molecule has 0 heterocycles. The number of halogens is 5. The number of nitriles is 1. The van der Waals surface area contributed by atoms with Gasteiger partial charge in [-0.2, -0.15) is 18.4 Å². The van der Waals surface area contributed by atoms with E-state index in [1.807, 2.05) is 18.2 Å². The van der Waals surface area contributed by atoms with Crippen molar-refractivity contribution in [3.05, 3.63) is 69.7 Å². The molecule has 0 amide bonds. The van der Waals surface area contributed by atoms with E-state index < -0.39 is 40.5 Å². The molecule has 0 aliphatic heterocycles. The van der Waals surface area contributed by atoms with Crippen LogP contribution in [0, 0.1) is 28.6 Å². The minimum absolute atomic E-state index is 0.384. The van der Waals surface area contributed by atoms with Crippen LogP contribution in [-0.2, 0) is 9.53 Å². The second-order valence-electron chi connectivity index (χ2n) is 7.91. The Morgan fingerprint density at radius 1 is 1.22 bits per heavy atom. The molecule has 9 heteroatoms. The van der Waals surface area contributed by atoms with E-state index in [1.54, 1.807) is 50.2 Å². The number of esters is 1. The summed E-state index contributed by atoms with van der Waals surface area (Å²) in [6, 6.07) is 15.6. The van der Waals surface area contributed by atoms with Crippen molar-refractivity contribution in [3.8, 4) is 17.6 Å². The van der Waals surface area contributed by atoms with Crippen molar-refractivity contribution in [2.24, 2.45) is 17.3 Å². The highest BCUT2D eigenvalue weighted by Crippen LogP contribution is 2.60. The van der Waals surface area contributed by atoms with E-state index in [2.05, 4.69) is 15.9 Å². The van der Waals surface area contributed by atoms with Gasteiger partial charge >= 0.3 is 12.1 Å². The lowest BCUT2D eigenvalue weighted by atomic mass is 10.1. The first kappa shape index (κ1) is 24.1. The summed E-state index contributed by atoms with van der Waals surface area (Å²) >= 11 is 8.66. The smallest absolute Gasteiger partial charge is 0.426 e. The number of benzene rings is 2. The van der Waals surface area contributed by atoms with Crippen LogP contribution in [0.2, 0.25) is 0 Å². The number of nitrogens with zero attached hydrogens (tertiary/aromatic N) is 1. The average molecular weight is 529 g/mol. The molecule has 3 rings (SSSR count). The minimum atomic E-state index is -4.68. The first-order valence-corrected chi connectivity index (χ1v) is 10.7. The van der Waals surface area contributed by atoms with Crippen molar-refractivity contribution >= 4 is 33.5 Å². The van der Waals surface area contributed by atoms with E-state index in [4.69, 9.17) is 21.1 Å². The largest absolute Gasteiger partial charge is 0.457 e. The molecule has 4 nitrogen and oxygen atoms in total. The molecule has 1 aliphatic carbocycles. The number of carbonyl (C=O) groups excluding carboxylic acids is 1. The molecular weight excluding hydrogens is 511 g/mol. The van der Waals surface area contributed by atoms with Crippen molar-refractivity contribution in [3.63, 3.8) is 0 Å². The molecule has 3 unspecified atom stereocenters. The van der Waals surface area contributed by atoms with Crippen LogP contribution in [-0.4, -0.2) is 12.1 Å². The van der Waals surface area contributed by atoms with Gasteiger partial charge in [-0.15, -0.1) is 0 Å². The van der Waals surface area contributed by atoms with Crippen molar-refractivity contribution in [1.82, 2.24) is 0 Å². The van der Waals surface area contributed by atoms with E-state index in [1.165, 1.54) is 0 Å². The van der Waals surface area contributed by atoms with Crippen LogP contribution in [0.25, 0.3) is 0 Å². The summed E-state index contributed by atoms with van der Waals surface area (Å²) in [7, 11) is 0. The summed E-state index contributed by atoms with van der Waals surface area (Å²) in [4.78, 5) is 12.7. The summed E-state index contributed by atoms with van der Waals surface area (Å²) in [5, 5.41) is 8.26. The molecular formula is C23H18BrClF3NO3. The maximum Gasteiger partial charge on any atom is 0.426 e. The van der Waals surface area contributed by atoms with Gasteiger partial charge in [0.1, 0.15) is 22.6 Å². The van der Waals surface area contributed by atoms with Crippen LogP contribution in [0.4, 0.5) is 13.2 Å². The summed E-state index contributed by atoms with van der Waals surface area (Å²) in [5.74, 6) is -1.32. The predicted octanol–water partition coefficient (Wildman–Crippen LogP) is 7.31. The third kappa shape index (κ3) is 5.45. The molecule has 3 atom stereocenters. The molecule has 0 N–H and O–H groups in total. The molecule has 1 saturated carbocycles. The lowest BCUT2D eigenvalue weighted by Crippen LogP contribution is -2.14. The van der Waals surface area contributed by atoms with E-state index in [9.17, 15) is 23.2 Å². The molecule has 0 radical (unpaired) electrons. The molecule has 2 aromatic rings. The third-order valence-electron chi connectivity index (χ3n) is 5.32. The van der Waals surface area contributed by atoms with Gasteiger partial charge in [0, 0.05) is 10.0 Å². The second-order valence-corrected chi connectivity index (χ2v) is 9.23. The van der Waals surface area contributed by atoms with Gasteiger partial charge in [0.15, 0.2) is 0 Å². The van der Waals surface area contributed by atoms with Gasteiger partial charge in [-0.05, 0) is 47.7 Å². The monoisotopic (exact) mass is 527 g/mol. The summed E-state index contributed by atoms with van der Waals surface area (Å²) in [6.45, 7) is 3.30. The van der Waals surface area contributed by atoms with Gasteiger partial charge in [0.2, 0.25) is 6.10 Å². The van der Waals surface area contributed by atoms with E-state index in [0.717, 1.165) is 10.5 Å². The molecule has 0 aromatic heterocycles. The Bertz CT molecular complexity index is 1080. The van der Waals surface area contributed by atoms with Gasteiger partial charge in [0.25, 0.3) is 0 Å². The maximum atomic E-state index is 12.7. The van der Waals surface area contributed by atoms with Gasteiger partial charge in [-0.25, -0.2) is 0 Å². The number of ether oxygens (including phenoxy) is 2. The number of alkyl halides is 3. The van der Waals surface area contributed by atoms with E-state index >= 15 is 0 Å². The molecule has 32 heavy (non-hydrogen) atoms. The summed E-state index contributed by atoms with van der Waals surface area (Å²) < 4.78 is 50.2. The SMILES string of the molecule is CC1(C)C(C=C(Cl)C(F)(F)F)C1C(=O)OC(C#N)c1cccc(Oc2ccc(Br)cc2)c1. The molecule has 0 saturated heterocycles. The fraction of sp³-hybridized carbons (Fsp3) is 0.304. The van der Waals surface area contributed by atoms with Gasteiger partial charge in [-0.1, -0.05) is 59.6 Å². The Balaban J connectivity index is 1.72. The van der Waals surface area contributed by atoms with Crippen molar-refractivity contribution in [2.45, 2.75) is 26.1 Å². The van der Waals surface area contributed by atoms with E-state index in [-0.39, 0.29) is 0 Å². The van der Waals surface area contributed by atoms with E-state index in [0.29, 0.717) is 17.1 Å². The number of rotatable bonds is 6. The zero-order valence-electron chi connectivity index (χ0n) is 17.0. The summed E-state index contributed by atoms with van der Waals surface area (Å²) in [6.07, 6.45) is -5.09. The number of allylic oxidation sites excluding steroid dienone is 2. The average Bonchev–Trinajstić information content (AvgIpc) is 3.27. The topological polar surface area (TPSA) is 59.3 Å². The molecule has 168 valence electrons. The Morgan fingerprint density at radius 2 is 1.88 bits per heavy atom. The van der Waals surface area contributed by atoms with Crippen LogP contribution >= 0.6 is 27.5 Å². The fourth-order valence-corrected chi connectivity index (χ4v) is 3.83. The van der Waals surface area contributed by atoms with Crippen molar-refractivity contribution < 1.29 is 27.4 Å². The zero-order valence-corrected chi connectivity index (χ0v) is 19.3. The predicted molar refractivity (Wildman–Crippen MR) is 116 cm³/mol. The lowest BCUT2D eigenvalue weighted by molar-refractivity contribution is -0.149. The maximum absolute atomic E-state index is 12.7. The molecule has 0 bridgehead atoms. The number of hydrogen-bond donors (Lipinski definition) is 0. The highest BCUT2D eigenvalue weighted by atomic mass is 79.9. The Morgan fingerprint density at radius 3 is 2.47 bits per heavy atom. The van der Waals surface area contributed by atoms with Crippen LogP contribution in [0.1, 0.15) is 25.5 Å². The number of carbonyl (C=O) groups is 1. The highest BCUT2D eigenvalue weighted by Gasteiger charge is 2.62. The Labute approximate surface area is 196 Å². The minimum Gasteiger partial charge on any atom is -0.457 e. The molecule has 2 aromatic carbocycles. The van der Waals surface area contributed by atoms with Gasteiger partial charge in [0.05, 0.1) is 5.92 Å². The third-order valence-corrected chi connectivity index (χ3v) is 6.19. The quantitative estimate of drug-likeness (QED) is 0.369. The second kappa shape index (κ2) is 9.16. The molecule has 1 fully saturated rings. The first-order chi connectivity index (χ1) is 14.9. The van der Waals surface area contributed by atoms with Crippen LogP contribution in [0.15, 0.2) is 64.1 Å². The molecule has 1 aliphatic rings. The lowest BCUT2D eigenvalue weighted by Gasteiger charge is -2.13. The zero-order chi connectivity index (χ0) is 23.7. The number of hydrogen-bond acceptors (Lipinski definition) is 4. The van der Waals surface area contributed by atoms with Crippen molar-refractivity contribution in [1.29, 1.82) is 5.26 Å². The normalized spacial score (nSPS) is 20.8. The van der Waals surface area contributed by atoms with Crippen LogP contribution in [0.5, 0.6) is 11.5 Å². The Hall–Kier alpha value is -2.50. The standard InChI is InChI=1S/C23H18BrClF3NO3/c1-22(2)17(11-19(25)23(26,27)28)20(22)21(30)32-18(12-29)13-4-3-5-16(10-13)31-15-8-6-14(24)7-9-15/h3-11,17-18,20H,1-2H3. The van der Waals surface area contributed by atoms with Crippen LogP contribution < -0.4 is 4.74 Å². The summed E-state index contributed by atoms with van der Waals surface area (Å²) in [5.41, 5.74) is -0.385. The fourth-order valence-electron chi connectivity index (χ4n) is 3.43. The van der Waals surface area contributed by atoms with Gasteiger partial charge in [-0.3, -0.25) is 4.79 Å². The first-order valence-electron chi connectivity index (χ1n) is 9.51. The molecule has 0 spiro atoms. The van der Waals surface area contributed by atoms with Crippen molar-refractivity contribution in [2.75, 3.05) is 0 Å². The van der Waals surface area contributed by atoms with Gasteiger partial charge < -0.3 is 9.47 Å².